The molecule has 0 bridgehead atoms. The topological polar surface area (TPSA) is 34.4 Å². The van der Waals surface area contributed by atoms with E-state index in [-0.39, 0.29) is 5.91 Å². The van der Waals surface area contributed by atoms with Gasteiger partial charge in [0.2, 0.25) is 0 Å². The first-order valence-corrected chi connectivity index (χ1v) is 10.4. The molecule has 0 saturated heterocycles. The Morgan fingerprint density at radius 2 is 1.89 bits per heavy atom. The molecule has 0 aliphatic rings. The van der Waals surface area contributed by atoms with Crippen molar-refractivity contribution in [1.82, 2.24) is 4.57 Å². The maximum Gasteiger partial charge on any atom is 0.279 e. The van der Waals surface area contributed by atoms with E-state index in [0.29, 0.717) is 10.6 Å². The average Bonchev–Trinajstić information content (AvgIpc) is 2.99. The van der Waals surface area contributed by atoms with Gasteiger partial charge in [0.05, 0.1) is 5.69 Å². The molecule has 1 amide bonds. The van der Waals surface area contributed by atoms with E-state index in [4.69, 9.17) is 11.6 Å². The van der Waals surface area contributed by atoms with Crippen LogP contribution in [0.2, 0.25) is 5.02 Å². The quantitative estimate of drug-likeness (QED) is 0.527. The largest absolute Gasteiger partial charge is 0.316 e. The van der Waals surface area contributed by atoms with Crippen LogP contribution < -0.4 is 4.80 Å². The average molecular weight is 399 g/mol. The lowest BCUT2D eigenvalue weighted by atomic mass is 10.1. The molecule has 0 atom stereocenters. The summed E-state index contributed by atoms with van der Waals surface area (Å²) < 4.78 is 2.14. The van der Waals surface area contributed by atoms with E-state index in [1.165, 1.54) is 21.7 Å². The molecule has 3 nitrogen and oxygen atoms in total. The van der Waals surface area contributed by atoms with Crippen LogP contribution in [0, 0.1) is 6.92 Å². The van der Waals surface area contributed by atoms with Crippen molar-refractivity contribution in [2.75, 3.05) is 0 Å². The molecule has 5 heteroatoms. The number of aromatic nitrogens is 1. The van der Waals surface area contributed by atoms with Crippen molar-refractivity contribution in [3.05, 3.63) is 74.4 Å². The Balaban J connectivity index is 2.14. The van der Waals surface area contributed by atoms with Crippen LogP contribution in [0.1, 0.15) is 41.1 Å². The van der Waals surface area contributed by atoms with Gasteiger partial charge in [0, 0.05) is 22.0 Å². The Morgan fingerprint density at radius 3 is 2.52 bits per heavy atom. The van der Waals surface area contributed by atoms with Crippen molar-refractivity contribution in [2.45, 2.75) is 40.2 Å². The Labute approximate surface area is 169 Å². The van der Waals surface area contributed by atoms with E-state index in [1.54, 1.807) is 35.6 Å². The lowest BCUT2D eigenvalue weighted by Crippen LogP contribution is -2.17. The summed E-state index contributed by atoms with van der Waals surface area (Å²) in [4.78, 5) is 19.1. The molecule has 2 aromatic carbocycles. The molecule has 0 fully saturated rings. The summed E-state index contributed by atoms with van der Waals surface area (Å²) in [6.45, 7) is 7.10. The number of carbonyl (C=O) groups is 1. The molecule has 1 heterocycles. The first-order chi connectivity index (χ1) is 13.0. The third kappa shape index (κ3) is 4.40. The van der Waals surface area contributed by atoms with Crippen molar-refractivity contribution in [3.63, 3.8) is 0 Å². The number of nitrogens with zero attached hydrogens (tertiary/aromatic N) is 2. The molecule has 3 rings (SSSR count). The first kappa shape index (κ1) is 19.6. The van der Waals surface area contributed by atoms with Crippen LogP contribution in [0.25, 0.3) is 11.3 Å². The molecule has 0 radical (unpaired) electrons. The molecule has 140 valence electrons. The van der Waals surface area contributed by atoms with Gasteiger partial charge in [-0.25, -0.2) is 0 Å². The second-order valence-electron chi connectivity index (χ2n) is 6.44. The van der Waals surface area contributed by atoms with Gasteiger partial charge in [-0.2, -0.15) is 4.99 Å². The Hall–Kier alpha value is -2.17. The molecule has 0 aliphatic heterocycles. The second-order valence-corrected chi connectivity index (χ2v) is 7.94. The van der Waals surface area contributed by atoms with Crippen LogP contribution >= 0.6 is 22.9 Å². The molecular formula is C22H23ClN2OS. The van der Waals surface area contributed by atoms with E-state index in [1.807, 2.05) is 0 Å². The lowest BCUT2D eigenvalue weighted by Gasteiger charge is -2.09. The highest BCUT2D eigenvalue weighted by Gasteiger charge is 2.15. The SMILES string of the molecule is CCCc1sc(=NC(=O)c2cccc(Cl)c2)n(CC)c1-c1ccc(C)cc1. The van der Waals surface area contributed by atoms with Gasteiger partial charge in [0.25, 0.3) is 5.91 Å². The summed E-state index contributed by atoms with van der Waals surface area (Å²) in [5.41, 5.74) is 4.07. The lowest BCUT2D eigenvalue weighted by molar-refractivity contribution is 0.0998. The van der Waals surface area contributed by atoms with Gasteiger partial charge in [-0.1, -0.05) is 60.8 Å². The van der Waals surface area contributed by atoms with Gasteiger partial charge >= 0.3 is 0 Å². The Kier molecular flexibility index (Phi) is 6.30. The zero-order valence-electron chi connectivity index (χ0n) is 15.8. The highest BCUT2D eigenvalue weighted by atomic mass is 35.5. The van der Waals surface area contributed by atoms with Gasteiger partial charge in [-0.15, -0.1) is 11.3 Å². The van der Waals surface area contributed by atoms with E-state index in [2.05, 4.69) is 54.6 Å². The molecule has 1 aromatic heterocycles. The van der Waals surface area contributed by atoms with Crippen LogP contribution in [-0.4, -0.2) is 10.5 Å². The summed E-state index contributed by atoms with van der Waals surface area (Å²) >= 11 is 7.62. The molecule has 0 N–H and O–H groups in total. The van der Waals surface area contributed by atoms with Gasteiger partial charge < -0.3 is 4.57 Å². The third-order valence-corrected chi connectivity index (χ3v) is 5.74. The minimum Gasteiger partial charge on any atom is -0.316 e. The van der Waals surface area contributed by atoms with E-state index in [9.17, 15) is 4.79 Å². The van der Waals surface area contributed by atoms with E-state index >= 15 is 0 Å². The predicted octanol–water partition coefficient (Wildman–Crippen LogP) is 5.89. The molecule has 3 aromatic rings. The van der Waals surface area contributed by atoms with Crippen molar-refractivity contribution in [3.8, 4) is 11.3 Å². The zero-order valence-corrected chi connectivity index (χ0v) is 17.4. The van der Waals surface area contributed by atoms with Gasteiger partial charge in [-0.3, -0.25) is 4.79 Å². The number of thiazole rings is 1. The molecule has 0 unspecified atom stereocenters. The number of rotatable bonds is 5. The summed E-state index contributed by atoms with van der Waals surface area (Å²) in [6.07, 6.45) is 2.01. The molecule has 0 saturated carbocycles. The molecule has 27 heavy (non-hydrogen) atoms. The fourth-order valence-corrected chi connectivity index (χ4v) is 4.53. The smallest absolute Gasteiger partial charge is 0.279 e. The molecule has 0 spiro atoms. The van der Waals surface area contributed by atoms with E-state index < -0.39 is 0 Å². The number of benzene rings is 2. The van der Waals surface area contributed by atoms with Crippen LogP contribution in [-0.2, 0) is 13.0 Å². The summed E-state index contributed by atoms with van der Waals surface area (Å²) in [6, 6.07) is 15.5. The second kappa shape index (κ2) is 8.68. The fraction of sp³-hybridized carbons (Fsp3) is 0.273. The van der Waals surface area contributed by atoms with Crippen molar-refractivity contribution < 1.29 is 4.79 Å². The number of carbonyl (C=O) groups excluding carboxylic acids is 1. The number of hydrogen-bond donors (Lipinski definition) is 0. The maximum atomic E-state index is 12.7. The van der Waals surface area contributed by atoms with Crippen LogP contribution in [0.4, 0.5) is 0 Å². The number of aryl methyl sites for hydroxylation is 2. The van der Waals surface area contributed by atoms with Crippen LogP contribution in [0.5, 0.6) is 0 Å². The van der Waals surface area contributed by atoms with Gasteiger partial charge in [-0.05, 0) is 44.0 Å². The minimum atomic E-state index is -0.264. The molecule has 0 aliphatic carbocycles. The Bertz CT molecular complexity index is 1020. The van der Waals surface area contributed by atoms with E-state index in [0.717, 1.165) is 24.2 Å². The minimum absolute atomic E-state index is 0.264. The summed E-state index contributed by atoms with van der Waals surface area (Å²) in [5.74, 6) is -0.264. The van der Waals surface area contributed by atoms with Gasteiger partial charge in [0.1, 0.15) is 0 Å². The normalized spacial score (nSPS) is 11.8. The summed E-state index contributed by atoms with van der Waals surface area (Å²) in [7, 11) is 0. The highest BCUT2D eigenvalue weighted by Crippen LogP contribution is 2.27. The third-order valence-electron chi connectivity index (χ3n) is 4.37. The predicted molar refractivity (Wildman–Crippen MR) is 113 cm³/mol. The fourth-order valence-electron chi connectivity index (χ4n) is 3.03. The zero-order chi connectivity index (χ0) is 19.4. The van der Waals surface area contributed by atoms with Gasteiger partial charge in [0.15, 0.2) is 4.80 Å². The van der Waals surface area contributed by atoms with Crippen LogP contribution in [0.15, 0.2) is 53.5 Å². The van der Waals surface area contributed by atoms with Crippen molar-refractivity contribution in [2.24, 2.45) is 4.99 Å². The Morgan fingerprint density at radius 1 is 1.15 bits per heavy atom. The van der Waals surface area contributed by atoms with Crippen molar-refractivity contribution >= 4 is 28.8 Å². The first-order valence-electron chi connectivity index (χ1n) is 9.17. The monoisotopic (exact) mass is 398 g/mol. The number of hydrogen-bond acceptors (Lipinski definition) is 2. The molecular weight excluding hydrogens is 376 g/mol. The number of amides is 1. The number of halogens is 1. The highest BCUT2D eigenvalue weighted by molar-refractivity contribution is 7.09. The van der Waals surface area contributed by atoms with Crippen LogP contribution in [0.3, 0.4) is 0 Å². The standard InChI is InChI=1S/C22H23ClN2OS/c1-4-7-19-20(16-12-10-15(3)11-13-16)25(5-2)22(27-19)24-21(26)17-8-6-9-18(23)14-17/h6,8-14H,4-5,7H2,1-3H3. The van der Waals surface area contributed by atoms with Crippen molar-refractivity contribution in [1.29, 1.82) is 0 Å². The maximum absolute atomic E-state index is 12.7. The summed E-state index contributed by atoms with van der Waals surface area (Å²) in [5, 5.41) is 0.539.